The molecule has 3 rings (SSSR count). The van der Waals surface area contributed by atoms with Gasteiger partial charge in [-0.2, -0.15) is 0 Å². The molecule has 3 aromatic rings. The van der Waals surface area contributed by atoms with Gasteiger partial charge in [0, 0.05) is 5.56 Å². The van der Waals surface area contributed by atoms with Crippen molar-refractivity contribution in [3.05, 3.63) is 108 Å². The summed E-state index contributed by atoms with van der Waals surface area (Å²) in [6.07, 6.45) is 1.70. The minimum Gasteiger partial charge on any atom is -0.497 e. The largest absolute Gasteiger partial charge is 0.497 e. The Morgan fingerprint density at radius 3 is 1.75 bits per heavy atom. The monoisotopic (exact) mass is 314 g/mol. The van der Waals surface area contributed by atoms with Crippen LogP contribution >= 0.6 is 0 Å². The highest BCUT2D eigenvalue weighted by atomic mass is 16.5. The van der Waals surface area contributed by atoms with Gasteiger partial charge in [0.1, 0.15) is 5.75 Å². The maximum Gasteiger partial charge on any atom is 0.186 e. The van der Waals surface area contributed by atoms with Crippen molar-refractivity contribution in [2.75, 3.05) is 7.11 Å². The lowest BCUT2D eigenvalue weighted by molar-refractivity contribution is 0.104. The first-order valence-corrected chi connectivity index (χ1v) is 7.79. The molecule has 0 radical (unpaired) electrons. The molecule has 0 saturated heterocycles. The van der Waals surface area contributed by atoms with E-state index in [1.165, 1.54) is 0 Å². The molecule has 0 aliphatic heterocycles. The van der Waals surface area contributed by atoms with Crippen molar-refractivity contribution < 1.29 is 9.53 Å². The molecule has 0 atom stereocenters. The third-order valence-corrected chi connectivity index (χ3v) is 3.82. The molecule has 0 amide bonds. The summed E-state index contributed by atoms with van der Waals surface area (Å²) in [4.78, 5) is 12.6. The number of carbonyl (C=O) groups excluding carboxylic acids is 1. The second-order valence-electron chi connectivity index (χ2n) is 5.38. The Bertz CT molecular complexity index is 832. The summed E-state index contributed by atoms with van der Waals surface area (Å²) in [5, 5.41) is 0. The van der Waals surface area contributed by atoms with Crippen LogP contribution in [0.4, 0.5) is 0 Å². The Balaban J connectivity index is 2.05. The Hall–Kier alpha value is -3.13. The molecular weight excluding hydrogens is 296 g/mol. The van der Waals surface area contributed by atoms with Crippen LogP contribution in [0.1, 0.15) is 21.5 Å². The van der Waals surface area contributed by atoms with Crippen molar-refractivity contribution in [3.8, 4) is 5.75 Å². The number of ketones is 1. The van der Waals surface area contributed by atoms with Gasteiger partial charge in [-0.05, 0) is 34.9 Å². The van der Waals surface area contributed by atoms with Gasteiger partial charge in [-0.15, -0.1) is 0 Å². The molecule has 0 unspecified atom stereocenters. The number of rotatable bonds is 5. The van der Waals surface area contributed by atoms with E-state index in [1.807, 2.05) is 84.9 Å². The first kappa shape index (κ1) is 15.8. The maximum atomic E-state index is 12.6. The van der Waals surface area contributed by atoms with E-state index in [1.54, 1.807) is 13.2 Å². The van der Waals surface area contributed by atoms with Crippen LogP contribution in [0.2, 0.25) is 0 Å². The van der Waals surface area contributed by atoms with Gasteiger partial charge in [0.25, 0.3) is 0 Å². The molecule has 0 heterocycles. The van der Waals surface area contributed by atoms with Crippen LogP contribution in [-0.4, -0.2) is 12.9 Å². The standard InChI is InChI=1S/C22H18O2/c1-24-20-14-12-18(13-15-20)21(17-8-4-2-5-9-17)16-22(23)19-10-6-3-7-11-19/h2-16H,1H3/b21-16+. The van der Waals surface area contributed by atoms with Crippen molar-refractivity contribution >= 4 is 11.4 Å². The lowest BCUT2D eigenvalue weighted by atomic mass is 9.95. The highest BCUT2D eigenvalue weighted by Crippen LogP contribution is 2.26. The number of hydrogen-bond acceptors (Lipinski definition) is 2. The van der Waals surface area contributed by atoms with Crippen molar-refractivity contribution in [3.63, 3.8) is 0 Å². The van der Waals surface area contributed by atoms with Crippen LogP contribution in [0, 0.1) is 0 Å². The summed E-state index contributed by atoms with van der Waals surface area (Å²) in [7, 11) is 1.64. The van der Waals surface area contributed by atoms with Crippen LogP contribution in [-0.2, 0) is 0 Å². The normalized spacial score (nSPS) is 11.1. The average molecular weight is 314 g/mol. The van der Waals surface area contributed by atoms with E-state index in [9.17, 15) is 4.79 Å². The number of ether oxygens (including phenoxy) is 1. The quantitative estimate of drug-likeness (QED) is 0.489. The Morgan fingerprint density at radius 1 is 0.708 bits per heavy atom. The van der Waals surface area contributed by atoms with Crippen LogP contribution in [0.3, 0.4) is 0 Å². The lowest BCUT2D eigenvalue weighted by Crippen LogP contribution is -1.97. The van der Waals surface area contributed by atoms with Crippen molar-refractivity contribution in [2.45, 2.75) is 0 Å². The highest BCUT2D eigenvalue weighted by Gasteiger charge is 2.09. The predicted molar refractivity (Wildman–Crippen MR) is 97.3 cm³/mol. The van der Waals surface area contributed by atoms with E-state index in [-0.39, 0.29) is 5.78 Å². The molecule has 0 aliphatic carbocycles. The van der Waals surface area contributed by atoms with Gasteiger partial charge in [0.2, 0.25) is 0 Å². The zero-order chi connectivity index (χ0) is 16.8. The molecule has 24 heavy (non-hydrogen) atoms. The van der Waals surface area contributed by atoms with E-state index in [0.29, 0.717) is 5.56 Å². The number of allylic oxidation sites excluding steroid dienone is 1. The smallest absolute Gasteiger partial charge is 0.186 e. The zero-order valence-corrected chi connectivity index (χ0v) is 13.5. The summed E-state index contributed by atoms with van der Waals surface area (Å²) >= 11 is 0. The minimum absolute atomic E-state index is 0.00901. The summed E-state index contributed by atoms with van der Waals surface area (Å²) < 4.78 is 5.22. The number of benzene rings is 3. The SMILES string of the molecule is COc1ccc(/C(=C/C(=O)c2ccccc2)c2ccccc2)cc1. The summed E-state index contributed by atoms with van der Waals surface area (Å²) in [6, 6.07) is 27.0. The van der Waals surface area contributed by atoms with Crippen molar-refractivity contribution in [1.82, 2.24) is 0 Å². The molecule has 3 aromatic carbocycles. The van der Waals surface area contributed by atoms with Gasteiger partial charge >= 0.3 is 0 Å². The summed E-state index contributed by atoms with van der Waals surface area (Å²) in [6.45, 7) is 0. The predicted octanol–water partition coefficient (Wildman–Crippen LogP) is 5.01. The van der Waals surface area contributed by atoms with E-state index in [2.05, 4.69) is 0 Å². The molecule has 0 aromatic heterocycles. The minimum atomic E-state index is -0.00901. The third-order valence-electron chi connectivity index (χ3n) is 3.82. The van der Waals surface area contributed by atoms with Gasteiger partial charge in [-0.3, -0.25) is 4.79 Å². The Kier molecular flexibility index (Phi) is 4.87. The van der Waals surface area contributed by atoms with Crippen molar-refractivity contribution in [2.24, 2.45) is 0 Å². The molecule has 0 saturated carbocycles. The lowest BCUT2D eigenvalue weighted by Gasteiger charge is -2.09. The molecule has 0 fully saturated rings. The number of carbonyl (C=O) groups is 1. The van der Waals surface area contributed by atoms with Gasteiger partial charge in [0.05, 0.1) is 7.11 Å². The van der Waals surface area contributed by atoms with Crippen molar-refractivity contribution in [1.29, 1.82) is 0 Å². The summed E-state index contributed by atoms with van der Waals surface area (Å²) in [5.41, 5.74) is 3.56. The van der Waals surface area contributed by atoms with E-state index in [4.69, 9.17) is 4.74 Å². The first-order chi connectivity index (χ1) is 11.8. The fraction of sp³-hybridized carbons (Fsp3) is 0.0455. The number of methoxy groups -OCH3 is 1. The van der Waals surface area contributed by atoms with Crippen LogP contribution in [0.25, 0.3) is 5.57 Å². The van der Waals surface area contributed by atoms with Crippen LogP contribution < -0.4 is 4.74 Å². The van der Waals surface area contributed by atoms with E-state index < -0.39 is 0 Å². The third kappa shape index (κ3) is 3.61. The fourth-order valence-corrected chi connectivity index (χ4v) is 2.54. The average Bonchev–Trinajstić information content (AvgIpc) is 2.67. The molecule has 0 bridgehead atoms. The van der Waals surface area contributed by atoms with Gasteiger partial charge in [0.15, 0.2) is 5.78 Å². The second-order valence-corrected chi connectivity index (χ2v) is 5.38. The molecule has 0 spiro atoms. The molecular formula is C22H18O2. The molecule has 2 heteroatoms. The Morgan fingerprint density at radius 2 is 1.21 bits per heavy atom. The molecule has 2 nitrogen and oxygen atoms in total. The van der Waals surface area contributed by atoms with Gasteiger partial charge in [-0.1, -0.05) is 72.8 Å². The zero-order valence-electron chi connectivity index (χ0n) is 13.5. The molecule has 0 N–H and O–H groups in total. The molecule has 0 aliphatic rings. The van der Waals surface area contributed by atoms with Crippen LogP contribution in [0.5, 0.6) is 5.75 Å². The topological polar surface area (TPSA) is 26.3 Å². The Labute approximate surface area is 142 Å². The maximum absolute atomic E-state index is 12.6. The number of hydrogen-bond donors (Lipinski definition) is 0. The van der Waals surface area contributed by atoms with Gasteiger partial charge in [-0.25, -0.2) is 0 Å². The van der Waals surface area contributed by atoms with E-state index >= 15 is 0 Å². The van der Waals surface area contributed by atoms with Crippen LogP contribution in [0.15, 0.2) is 91.0 Å². The second kappa shape index (κ2) is 7.42. The highest BCUT2D eigenvalue weighted by molar-refractivity contribution is 6.10. The fourth-order valence-electron chi connectivity index (χ4n) is 2.54. The van der Waals surface area contributed by atoms with E-state index in [0.717, 1.165) is 22.4 Å². The summed E-state index contributed by atoms with van der Waals surface area (Å²) in [5.74, 6) is 0.783. The molecule has 118 valence electrons. The first-order valence-electron chi connectivity index (χ1n) is 7.79. The van der Waals surface area contributed by atoms with Gasteiger partial charge < -0.3 is 4.74 Å².